The molecule has 0 amide bonds. The van der Waals surface area contributed by atoms with E-state index in [4.69, 9.17) is 10.5 Å². The number of aryl methyl sites for hydroxylation is 1. The molecule has 1 unspecified atom stereocenters. The zero-order valence-electron chi connectivity index (χ0n) is 10.7. The number of H-pyrrole nitrogens is 1. The molecule has 3 N–H and O–H groups in total. The van der Waals surface area contributed by atoms with E-state index in [1.165, 1.54) is 5.56 Å². The van der Waals surface area contributed by atoms with Gasteiger partial charge in [0.2, 0.25) is 0 Å². The lowest BCUT2D eigenvalue weighted by Crippen LogP contribution is -2.34. The van der Waals surface area contributed by atoms with Crippen LogP contribution in [-0.4, -0.2) is 23.6 Å². The lowest BCUT2D eigenvalue weighted by molar-refractivity contribution is -0.144. The Morgan fingerprint density at radius 1 is 1.50 bits per heavy atom. The second-order valence-electron chi connectivity index (χ2n) is 4.40. The summed E-state index contributed by atoms with van der Waals surface area (Å²) < 4.78 is 4.90. The van der Waals surface area contributed by atoms with E-state index in [2.05, 4.69) is 4.98 Å². The van der Waals surface area contributed by atoms with E-state index in [1.807, 2.05) is 31.2 Å². The third-order valence-corrected chi connectivity index (χ3v) is 2.95. The summed E-state index contributed by atoms with van der Waals surface area (Å²) in [5, 5.41) is 1.14. The minimum atomic E-state index is -0.613. The number of esters is 1. The lowest BCUT2D eigenvalue weighted by atomic mass is 10.1. The summed E-state index contributed by atoms with van der Waals surface area (Å²) in [6, 6.07) is 7.52. The van der Waals surface area contributed by atoms with Gasteiger partial charge in [0, 0.05) is 17.6 Å². The molecule has 1 atom stereocenters. The van der Waals surface area contributed by atoms with Crippen molar-refractivity contribution in [3.63, 3.8) is 0 Å². The van der Waals surface area contributed by atoms with Gasteiger partial charge in [0.25, 0.3) is 0 Å². The van der Waals surface area contributed by atoms with Crippen LogP contribution in [0.2, 0.25) is 0 Å². The number of fused-ring (bicyclic) bond motifs is 1. The molecule has 0 saturated heterocycles. The van der Waals surface area contributed by atoms with Crippen LogP contribution in [0.15, 0.2) is 24.3 Å². The van der Waals surface area contributed by atoms with Gasteiger partial charge >= 0.3 is 5.97 Å². The van der Waals surface area contributed by atoms with Crippen molar-refractivity contribution in [2.24, 2.45) is 5.73 Å². The third-order valence-electron chi connectivity index (χ3n) is 2.95. The smallest absolute Gasteiger partial charge is 0.323 e. The zero-order chi connectivity index (χ0) is 13.1. The molecule has 0 spiro atoms. The van der Waals surface area contributed by atoms with Crippen molar-refractivity contribution in [1.82, 2.24) is 4.98 Å². The van der Waals surface area contributed by atoms with Gasteiger partial charge in [-0.1, -0.05) is 18.2 Å². The van der Waals surface area contributed by atoms with Gasteiger partial charge in [0.15, 0.2) is 0 Å². The van der Waals surface area contributed by atoms with Crippen LogP contribution in [0.3, 0.4) is 0 Å². The molecule has 0 aliphatic rings. The van der Waals surface area contributed by atoms with Crippen LogP contribution in [0, 0.1) is 6.92 Å². The number of aromatic amines is 1. The van der Waals surface area contributed by atoms with Crippen molar-refractivity contribution in [1.29, 1.82) is 0 Å². The molecule has 4 nitrogen and oxygen atoms in total. The van der Waals surface area contributed by atoms with E-state index in [1.54, 1.807) is 6.92 Å². The molecule has 0 fully saturated rings. The molecule has 4 heteroatoms. The summed E-state index contributed by atoms with van der Waals surface area (Å²) >= 11 is 0. The van der Waals surface area contributed by atoms with Crippen LogP contribution >= 0.6 is 0 Å². The Kier molecular flexibility index (Phi) is 3.67. The fraction of sp³-hybridized carbons (Fsp3) is 0.357. The van der Waals surface area contributed by atoms with Crippen LogP contribution in [0.25, 0.3) is 10.9 Å². The van der Waals surface area contributed by atoms with Gasteiger partial charge in [-0.05, 0) is 30.9 Å². The summed E-state index contributed by atoms with van der Waals surface area (Å²) in [6.45, 7) is 4.18. The fourth-order valence-electron chi connectivity index (χ4n) is 2.05. The number of carbonyl (C=O) groups is 1. The number of ether oxygens (including phenoxy) is 1. The van der Waals surface area contributed by atoms with Gasteiger partial charge in [-0.3, -0.25) is 4.79 Å². The third kappa shape index (κ3) is 2.54. The number of hydrogen-bond acceptors (Lipinski definition) is 3. The SMILES string of the molecule is CCOC(=O)C(N)Cc1cc2cccc(C)c2[nH]1. The van der Waals surface area contributed by atoms with Gasteiger partial charge in [0.1, 0.15) is 6.04 Å². The number of rotatable bonds is 4. The maximum Gasteiger partial charge on any atom is 0.323 e. The molecule has 96 valence electrons. The molecular weight excluding hydrogens is 228 g/mol. The molecule has 0 bridgehead atoms. The van der Waals surface area contributed by atoms with Crippen molar-refractivity contribution in [2.75, 3.05) is 6.61 Å². The zero-order valence-corrected chi connectivity index (χ0v) is 10.7. The van der Waals surface area contributed by atoms with Crippen LogP contribution in [0.1, 0.15) is 18.2 Å². The monoisotopic (exact) mass is 246 g/mol. The number of aromatic nitrogens is 1. The van der Waals surface area contributed by atoms with Crippen molar-refractivity contribution in [3.8, 4) is 0 Å². The lowest BCUT2D eigenvalue weighted by Gasteiger charge is -2.08. The second-order valence-corrected chi connectivity index (χ2v) is 4.40. The number of nitrogens with two attached hydrogens (primary N) is 1. The maximum absolute atomic E-state index is 11.5. The Hall–Kier alpha value is -1.81. The summed E-state index contributed by atoms with van der Waals surface area (Å²) in [5.74, 6) is -0.354. The Labute approximate surface area is 106 Å². The van der Waals surface area contributed by atoms with Gasteiger partial charge in [0.05, 0.1) is 6.61 Å². The van der Waals surface area contributed by atoms with E-state index >= 15 is 0 Å². The number of benzene rings is 1. The van der Waals surface area contributed by atoms with E-state index in [9.17, 15) is 4.79 Å². The van der Waals surface area contributed by atoms with Crippen LogP contribution in [0.5, 0.6) is 0 Å². The number of nitrogens with one attached hydrogen (secondary N) is 1. The van der Waals surface area contributed by atoms with Crippen molar-refractivity contribution in [3.05, 3.63) is 35.5 Å². The average Bonchev–Trinajstić information content (AvgIpc) is 2.73. The molecular formula is C14H18N2O2. The van der Waals surface area contributed by atoms with Gasteiger partial charge in [-0.2, -0.15) is 0 Å². The predicted molar refractivity (Wildman–Crippen MR) is 71.3 cm³/mol. The van der Waals surface area contributed by atoms with E-state index < -0.39 is 6.04 Å². The average molecular weight is 246 g/mol. The van der Waals surface area contributed by atoms with Crippen LogP contribution < -0.4 is 5.73 Å². The van der Waals surface area contributed by atoms with Gasteiger partial charge in [-0.15, -0.1) is 0 Å². The Balaban J connectivity index is 2.17. The fourth-order valence-corrected chi connectivity index (χ4v) is 2.05. The molecule has 2 rings (SSSR count). The highest BCUT2D eigenvalue weighted by Crippen LogP contribution is 2.19. The predicted octanol–water partition coefficient (Wildman–Crippen LogP) is 1.91. The van der Waals surface area contributed by atoms with E-state index in [0.717, 1.165) is 16.6 Å². The summed E-state index contributed by atoms with van der Waals surface area (Å²) in [4.78, 5) is 14.8. The molecule has 0 radical (unpaired) electrons. The van der Waals surface area contributed by atoms with Gasteiger partial charge in [-0.25, -0.2) is 0 Å². The Morgan fingerprint density at radius 3 is 2.94 bits per heavy atom. The van der Waals surface area contributed by atoms with E-state index in [-0.39, 0.29) is 5.97 Å². The standard InChI is InChI=1S/C14H18N2O2/c1-3-18-14(17)12(15)8-11-7-10-6-4-5-9(2)13(10)16-11/h4-7,12,16H,3,8,15H2,1-2H3. The first kappa shape index (κ1) is 12.6. The largest absolute Gasteiger partial charge is 0.465 e. The number of hydrogen-bond donors (Lipinski definition) is 2. The van der Waals surface area contributed by atoms with Crippen molar-refractivity contribution in [2.45, 2.75) is 26.3 Å². The number of para-hydroxylation sites is 1. The molecule has 0 aliphatic carbocycles. The summed E-state index contributed by atoms with van der Waals surface area (Å²) in [7, 11) is 0. The molecule has 2 aromatic rings. The van der Waals surface area contributed by atoms with Gasteiger partial charge < -0.3 is 15.5 Å². The minimum Gasteiger partial charge on any atom is -0.465 e. The normalized spacial score (nSPS) is 12.6. The molecule has 1 aromatic heterocycles. The first-order valence-electron chi connectivity index (χ1n) is 6.11. The molecule has 1 aromatic carbocycles. The highest BCUT2D eigenvalue weighted by atomic mass is 16.5. The second kappa shape index (κ2) is 5.23. The quantitative estimate of drug-likeness (QED) is 0.810. The number of carbonyl (C=O) groups excluding carboxylic acids is 1. The van der Waals surface area contributed by atoms with Crippen LogP contribution in [-0.2, 0) is 16.0 Å². The summed E-state index contributed by atoms with van der Waals surface area (Å²) in [5.41, 5.74) is 9.04. The summed E-state index contributed by atoms with van der Waals surface area (Å²) in [6.07, 6.45) is 0.465. The molecule has 18 heavy (non-hydrogen) atoms. The first-order valence-corrected chi connectivity index (χ1v) is 6.11. The Morgan fingerprint density at radius 2 is 2.28 bits per heavy atom. The topological polar surface area (TPSA) is 68.1 Å². The first-order chi connectivity index (χ1) is 8.61. The molecule has 1 heterocycles. The highest BCUT2D eigenvalue weighted by Gasteiger charge is 2.16. The van der Waals surface area contributed by atoms with Crippen molar-refractivity contribution < 1.29 is 9.53 Å². The minimum absolute atomic E-state index is 0.354. The van der Waals surface area contributed by atoms with Crippen LogP contribution in [0.4, 0.5) is 0 Å². The maximum atomic E-state index is 11.5. The molecule has 0 saturated carbocycles. The van der Waals surface area contributed by atoms with Crippen molar-refractivity contribution >= 4 is 16.9 Å². The highest BCUT2D eigenvalue weighted by molar-refractivity contribution is 5.83. The van der Waals surface area contributed by atoms with E-state index in [0.29, 0.717) is 13.0 Å². The molecule has 0 aliphatic heterocycles. The Bertz CT molecular complexity index is 560.